The number of carbonyl (C=O) groups excluding carboxylic acids is 1. The molecule has 0 radical (unpaired) electrons. The van der Waals surface area contributed by atoms with E-state index in [0.29, 0.717) is 28.1 Å². The Morgan fingerprint density at radius 1 is 1.12 bits per heavy atom. The molecule has 0 unspecified atom stereocenters. The molecule has 2 rings (SSSR count). The quantitative estimate of drug-likeness (QED) is 0.764. The molecule has 0 aliphatic heterocycles. The predicted molar refractivity (Wildman–Crippen MR) is 102 cm³/mol. The van der Waals surface area contributed by atoms with Crippen LogP contribution in [0, 0.1) is 0 Å². The van der Waals surface area contributed by atoms with Crippen LogP contribution in [0.5, 0.6) is 11.5 Å². The Balaban J connectivity index is 2.20. The molecule has 5 nitrogen and oxygen atoms in total. The van der Waals surface area contributed by atoms with Gasteiger partial charge in [-0.05, 0) is 53.3 Å². The Kier molecular flexibility index (Phi) is 6.84. The van der Waals surface area contributed by atoms with E-state index in [9.17, 15) is 4.79 Å². The van der Waals surface area contributed by atoms with E-state index in [1.54, 1.807) is 19.2 Å². The first-order chi connectivity index (χ1) is 12.0. The van der Waals surface area contributed by atoms with E-state index in [1.807, 2.05) is 32.3 Å². The molecule has 0 spiro atoms. The predicted octanol–water partition coefficient (Wildman–Crippen LogP) is 3.46. The molecule has 1 amide bonds. The Hall–Kier alpha value is -2.05. The molecule has 0 aliphatic rings. The normalized spacial score (nSPS) is 10.6. The summed E-state index contributed by atoms with van der Waals surface area (Å²) in [5.74, 6) is 0.863. The van der Waals surface area contributed by atoms with Gasteiger partial charge in [0.25, 0.3) is 5.91 Å². The molecule has 2 aromatic rings. The summed E-state index contributed by atoms with van der Waals surface area (Å²) in [4.78, 5) is 14.8. The van der Waals surface area contributed by atoms with Gasteiger partial charge in [0.15, 0.2) is 0 Å². The number of nitrogens with one attached hydrogen (secondary N) is 1. The summed E-state index contributed by atoms with van der Waals surface area (Å²) >= 11 is 3.41. The number of ether oxygens (including phenoxy) is 2. The highest BCUT2D eigenvalue weighted by atomic mass is 79.9. The number of nitrogens with zero attached hydrogens (tertiary/aromatic N) is 1. The van der Waals surface area contributed by atoms with E-state index in [4.69, 9.17) is 9.47 Å². The number of hydrogen-bond acceptors (Lipinski definition) is 4. The van der Waals surface area contributed by atoms with Gasteiger partial charge in [-0.2, -0.15) is 0 Å². The maximum atomic E-state index is 12.7. The SMILES string of the molecule is COc1cc(Br)c(OC)c(C(=O)NCc2ccccc2CN(C)C)c1. The molecule has 0 fully saturated rings. The van der Waals surface area contributed by atoms with Crippen LogP contribution in [0.3, 0.4) is 0 Å². The van der Waals surface area contributed by atoms with Crippen LogP contribution in [-0.2, 0) is 13.1 Å². The molecule has 0 heterocycles. The second-order valence-electron chi connectivity index (χ2n) is 5.88. The van der Waals surface area contributed by atoms with Crippen LogP contribution in [-0.4, -0.2) is 39.1 Å². The lowest BCUT2D eigenvalue weighted by molar-refractivity contribution is 0.0947. The molecule has 25 heavy (non-hydrogen) atoms. The van der Waals surface area contributed by atoms with Crippen molar-refractivity contribution in [1.29, 1.82) is 0 Å². The first-order valence-corrected chi connectivity index (χ1v) is 8.66. The van der Waals surface area contributed by atoms with Crippen LogP contribution in [0.25, 0.3) is 0 Å². The second kappa shape index (κ2) is 8.87. The highest BCUT2D eigenvalue weighted by Crippen LogP contribution is 2.33. The molecule has 134 valence electrons. The number of rotatable bonds is 7. The molecular formula is C19H23BrN2O3. The topological polar surface area (TPSA) is 50.8 Å². The minimum absolute atomic E-state index is 0.212. The van der Waals surface area contributed by atoms with Crippen molar-refractivity contribution in [3.63, 3.8) is 0 Å². The molecule has 0 saturated carbocycles. The van der Waals surface area contributed by atoms with Gasteiger partial charge < -0.3 is 19.7 Å². The van der Waals surface area contributed by atoms with Gasteiger partial charge in [0.1, 0.15) is 11.5 Å². The lowest BCUT2D eigenvalue weighted by atomic mass is 10.1. The maximum Gasteiger partial charge on any atom is 0.255 e. The van der Waals surface area contributed by atoms with Crippen LogP contribution >= 0.6 is 15.9 Å². The Labute approximate surface area is 157 Å². The van der Waals surface area contributed by atoms with E-state index in [1.165, 1.54) is 12.7 Å². The van der Waals surface area contributed by atoms with Crippen molar-refractivity contribution in [3.8, 4) is 11.5 Å². The molecule has 0 aromatic heterocycles. The first-order valence-electron chi connectivity index (χ1n) is 7.87. The van der Waals surface area contributed by atoms with E-state index in [2.05, 4.69) is 32.2 Å². The smallest absolute Gasteiger partial charge is 0.255 e. The van der Waals surface area contributed by atoms with Crippen LogP contribution in [0.2, 0.25) is 0 Å². The maximum absolute atomic E-state index is 12.7. The highest BCUT2D eigenvalue weighted by Gasteiger charge is 2.17. The van der Waals surface area contributed by atoms with E-state index in [0.717, 1.165) is 12.1 Å². The summed E-state index contributed by atoms with van der Waals surface area (Å²) in [7, 11) is 7.14. The molecule has 1 N–H and O–H groups in total. The average molecular weight is 407 g/mol. The van der Waals surface area contributed by atoms with Crippen LogP contribution in [0.1, 0.15) is 21.5 Å². The molecule has 0 aliphatic carbocycles. The molecular weight excluding hydrogens is 384 g/mol. The number of amides is 1. The van der Waals surface area contributed by atoms with Crippen molar-refractivity contribution in [2.75, 3.05) is 28.3 Å². The number of benzene rings is 2. The molecule has 0 bridgehead atoms. The summed E-state index contributed by atoms with van der Waals surface area (Å²) in [6, 6.07) is 11.5. The third-order valence-electron chi connectivity index (χ3n) is 3.75. The largest absolute Gasteiger partial charge is 0.497 e. The van der Waals surface area contributed by atoms with Crippen molar-refractivity contribution in [1.82, 2.24) is 10.2 Å². The fraction of sp³-hybridized carbons (Fsp3) is 0.316. The average Bonchev–Trinajstić information content (AvgIpc) is 2.59. The van der Waals surface area contributed by atoms with Crippen LogP contribution in [0.15, 0.2) is 40.9 Å². The van der Waals surface area contributed by atoms with Gasteiger partial charge in [-0.15, -0.1) is 0 Å². The fourth-order valence-corrected chi connectivity index (χ4v) is 3.16. The van der Waals surface area contributed by atoms with E-state index >= 15 is 0 Å². The Bertz CT molecular complexity index is 747. The van der Waals surface area contributed by atoms with Crippen molar-refractivity contribution in [2.45, 2.75) is 13.1 Å². The lowest BCUT2D eigenvalue weighted by Gasteiger charge is -2.16. The second-order valence-corrected chi connectivity index (χ2v) is 6.73. The number of hydrogen-bond donors (Lipinski definition) is 1. The zero-order valence-electron chi connectivity index (χ0n) is 14.9. The summed E-state index contributed by atoms with van der Waals surface area (Å²) < 4.78 is 11.3. The summed E-state index contributed by atoms with van der Waals surface area (Å²) in [5, 5.41) is 2.97. The fourth-order valence-electron chi connectivity index (χ4n) is 2.56. The van der Waals surface area contributed by atoms with E-state index < -0.39 is 0 Å². The number of methoxy groups -OCH3 is 2. The number of halogens is 1. The van der Waals surface area contributed by atoms with Crippen molar-refractivity contribution < 1.29 is 14.3 Å². The number of carbonyl (C=O) groups is 1. The van der Waals surface area contributed by atoms with Crippen molar-refractivity contribution >= 4 is 21.8 Å². The summed E-state index contributed by atoms with van der Waals surface area (Å²) in [5.41, 5.74) is 2.70. The zero-order chi connectivity index (χ0) is 18.4. The molecule has 2 aromatic carbocycles. The summed E-state index contributed by atoms with van der Waals surface area (Å²) in [6.07, 6.45) is 0. The Morgan fingerprint density at radius 3 is 2.40 bits per heavy atom. The third kappa shape index (κ3) is 4.96. The van der Waals surface area contributed by atoms with Crippen molar-refractivity contribution in [2.24, 2.45) is 0 Å². The van der Waals surface area contributed by atoms with Gasteiger partial charge in [0.2, 0.25) is 0 Å². The molecule has 0 saturated heterocycles. The lowest BCUT2D eigenvalue weighted by Crippen LogP contribution is -2.24. The van der Waals surface area contributed by atoms with Gasteiger partial charge >= 0.3 is 0 Å². The minimum Gasteiger partial charge on any atom is -0.497 e. The minimum atomic E-state index is -0.212. The van der Waals surface area contributed by atoms with Gasteiger partial charge in [-0.25, -0.2) is 0 Å². The highest BCUT2D eigenvalue weighted by molar-refractivity contribution is 9.10. The van der Waals surface area contributed by atoms with Gasteiger partial charge in [0.05, 0.1) is 24.3 Å². The van der Waals surface area contributed by atoms with Crippen LogP contribution < -0.4 is 14.8 Å². The van der Waals surface area contributed by atoms with Gasteiger partial charge in [-0.3, -0.25) is 4.79 Å². The monoisotopic (exact) mass is 406 g/mol. The van der Waals surface area contributed by atoms with Crippen molar-refractivity contribution in [3.05, 3.63) is 57.6 Å². The zero-order valence-corrected chi connectivity index (χ0v) is 16.5. The molecule has 6 heteroatoms. The third-order valence-corrected chi connectivity index (χ3v) is 4.33. The first kappa shape index (κ1) is 19.3. The summed E-state index contributed by atoms with van der Waals surface area (Å²) in [6.45, 7) is 1.26. The molecule has 0 atom stereocenters. The van der Waals surface area contributed by atoms with E-state index in [-0.39, 0.29) is 5.91 Å². The standard InChI is InChI=1S/C19H23BrN2O3/c1-22(2)12-14-8-6-5-7-13(14)11-21-19(23)16-9-15(24-3)10-17(20)18(16)25-4/h5-10H,11-12H2,1-4H3,(H,21,23). The van der Waals surface area contributed by atoms with Gasteiger partial charge in [0, 0.05) is 13.1 Å². The van der Waals surface area contributed by atoms with Gasteiger partial charge in [-0.1, -0.05) is 24.3 Å². The van der Waals surface area contributed by atoms with Crippen LogP contribution in [0.4, 0.5) is 0 Å². The Morgan fingerprint density at radius 2 is 1.80 bits per heavy atom.